The second-order valence-electron chi connectivity index (χ2n) is 8.99. The van der Waals surface area contributed by atoms with Crippen molar-refractivity contribution in [3.63, 3.8) is 0 Å². The molecule has 1 fully saturated rings. The van der Waals surface area contributed by atoms with Gasteiger partial charge in [-0.2, -0.15) is 14.4 Å². The molecule has 0 saturated carbocycles. The number of carbonyl (C=O) groups is 1. The number of thiazole rings is 1. The van der Waals surface area contributed by atoms with Crippen LogP contribution in [0.3, 0.4) is 0 Å². The lowest BCUT2D eigenvalue weighted by molar-refractivity contribution is 0.0987. The number of nitrogens with zero attached hydrogens (tertiary/aromatic N) is 4. The van der Waals surface area contributed by atoms with Gasteiger partial charge in [-0.15, -0.1) is 0 Å². The van der Waals surface area contributed by atoms with E-state index in [2.05, 4.69) is 17.0 Å². The van der Waals surface area contributed by atoms with E-state index >= 15 is 0 Å². The lowest BCUT2D eigenvalue weighted by Gasteiger charge is -2.29. The molecule has 1 aromatic heterocycles. The predicted molar refractivity (Wildman–Crippen MR) is 144 cm³/mol. The van der Waals surface area contributed by atoms with Crippen LogP contribution in [0.5, 0.6) is 0 Å². The van der Waals surface area contributed by atoms with Crippen LogP contribution in [0, 0.1) is 11.7 Å². The number of fused-ring (bicyclic) bond motifs is 1. The van der Waals surface area contributed by atoms with E-state index in [-0.39, 0.29) is 15.6 Å². The standard InChI is InChI=1S/C27H25FN4O3S2/c1-19-13-15-31(16-14-19)37(34,35)23-10-7-21(8-11-23)26(33)32(29-18-20-5-3-2-4-6-20)27-30-24-12-9-22(28)17-25(24)36-27/h2-12,17-19H,13-16H2,1H3/b29-18+. The van der Waals surface area contributed by atoms with E-state index in [1.165, 1.54) is 40.7 Å². The van der Waals surface area contributed by atoms with Gasteiger partial charge in [0.2, 0.25) is 15.2 Å². The van der Waals surface area contributed by atoms with Gasteiger partial charge >= 0.3 is 0 Å². The summed E-state index contributed by atoms with van der Waals surface area (Å²) in [6.45, 7) is 3.10. The van der Waals surface area contributed by atoms with Gasteiger partial charge in [-0.05, 0) is 66.8 Å². The molecular weight excluding hydrogens is 511 g/mol. The third-order valence-electron chi connectivity index (χ3n) is 6.32. The Labute approximate surface area is 218 Å². The zero-order valence-electron chi connectivity index (χ0n) is 20.1. The van der Waals surface area contributed by atoms with Crippen molar-refractivity contribution in [2.75, 3.05) is 18.1 Å². The van der Waals surface area contributed by atoms with Gasteiger partial charge < -0.3 is 0 Å². The number of piperidine rings is 1. The molecular formula is C27H25FN4O3S2. The molecule has 1 aliphatic rings. The average Bonchev–Trinajstić information content (AvgIpc) is 3.32. The van der Waals surface area contributed by atoms with Crippen LogP contribution in [0.1, 0.15) is 35.7 Å². The Hall–Kier alpha value is -3.47. The van der Waals surface area contributed by atoms with Crippen LogP contribution in [0.2, 0.25) is 0 Å². The molecule has 10 heteroatoms. The van der Waals surface area contributed by atoms with E-state index in [1.807, 2.05) is 30.3 Å². The molecule has 0 bridgehead atoms. The molecule has 0 spiro atoms. The van der Waals surface area contributed by atoms with Crippen molar-refractivity contribution in [3.05, 3.63) is 89.7 Å². The highest BCUT2D eigenvalue weighted by molar-refractivity contribution is 7.89. The number of carbonyl (C=O) groups excluding carboxylic acids is 1. The van der Waals surface area contributed by atoms with E-state index in [9.17, 15) is 17.6 Å². The number of hydrogen-bond donors (Lipinski definition) is 0. The molecule has 5 rings (SSSR count). The third kappa shape index (κ3) is 5.46. The molecule has 37 heavy (non-hydrogen) atoms. The number of anilines is 1. The minimum absolute atomic E-state index is 0.147. The summed E-state index contributed by atoms with van der Waals surface area (Å²) >= 11 is 1.14. The summed E-state index contributed by atoms with van der Waals surface area (Å²) < 4.78 is 42.0. The molecule has 0 radical (unpaired) electrons. The fraction of sp³-hybridized carbons (Fsp3) is 0.222. The van der Waals surface area contributed by atoms with Gasteiger partial charge in [0.25, 0.3) is 5.91 Å². The molecule has 4 aromatic rings. The molecule has 3 aromatic carbocycles. The summed E-state index contributed by atoms with van der Waals surface area (Å²) in [5, 5.41) is 5.83. The fourth-order valence-corrected chi connectivity index (χ4v) is 6.51. The molecule has 7 nitrogen and oxygen atoms in total. The largest absolute Gasteiger partial charge is 0.280 e. The maximum absolute atomic E-state index is 13.7. The number of benzene rings is 3. The van der Waals surface area contributed by atoms with E-state index in [0.717, 1.165) is 34.8 Å². The lowest BCUT2D eigenvalue weighted by atomic mass is 10.0. The zero-order valence-corrected chi connectivity index (χ0v) is 21.8. The van der Waals surface area contributed by atoms with Gasteiger partial charge in [0.15, 0.2) is 0 Å². The van der Waals surface area contributed by atoms with Gasteiger partial charge in [-0.1, -0.05) is 48.6 Å². The minimum atomic E-state index is -3.63. The number of halogens is 1. The van der Waals surface area contributed by atoms with Crippen molar-refractivity contribution in [3.8, 4) is 0 Å². The van der Waals surface area contributed by atoms with Crippen LogP contribution in [0.15, 0.2) is 82.8 Å². The third-order valence-corrected chi connectivity index (χ3v) is 9.22. The summed E-state index contributed by atoms with van der Waals surface area (Å²) in [6, 6.07) is 19.4. The molecule has 1 aliphatic heterocycles. The van der Waals surface area contributed by atoms with Gasteiger partial charge in [-0.3, -0.25) is 4.79 Å². The first kappa shape index (κ1) is 25.2. The Bertz CT molecular complexity index is 1550. The number of rotatable bonds is 6. The van der Waals surface area contributed by atoms with Crippen molar-refractivity contribution >= 4 is 48.8 Å². The van der Waals surface area contributed by atoms with Gasteiger partial charge in [0.1, 0.15) is 5.82 Å². The summed E-state index contributed by atoms with van der Waals surface area (Å²) in [6.07, 6.45) is 3.20. The molecule has 190 valence electrons. The van der Waals surface area contributed by atoms with Crippen molar-refractivity contribution in [2.45, 2.75) is 24.7 Å². The van der Waals surface area contributed by atoms with E-state index in [4.69, 9.17) is 0 Å². The monoisotopic (exact) mass is 536 g/mol. The highest BCUT2D eigenvalue weighted by atomic mass is 32.2. The van der Waals surface area contributed by atoms with Crippen molar-refractivity contribution in [1.29, 1.82) is 0 Å². The number of hydrogen-bond acceptors (Lipinski definition) is 6. The fourth-order valence-electron chi connectivity index (χ4n) is 4.10. The molecule has 0 unspecified atom stereocenters. The van der Waals surface area contributed by atoms with Gasteiger partial charge in [0.05, 0.1) is 21.3 Å². The highest BCUT2D eigenvalue weighted by Crippen LogP contribution is 2.31. The van der Waals surface area contributed by atoms with E-state index in [0.29, 0.717) is 29.2 Å². The topological polar surface area (TPSA) is 82.9 Å². The first-order valence-electron chi connectivity index (χ1n) is 11.9. The molecule has 0 atom stereocenters. The zero-order chi connectivity index (χ0) is 26.0. The number of amides is 1. The second-order valence-corrected chi connectivity index (χ2v) is 11.9. The molecule has 1 amide bonds. The molecule has 0 N–H and O–H groups in total. The summed E-state index contributed by atoms with van der Waals surface area (Å²) in [5.74, 6) is -0.372. The molecule has 1 saturated heterocycles. The first-order valence-corrected chi connectivity index (χ1v) is 14.2. The number of sulfonamides is 1. The van der Waals surface area contributed by atoms with Crippen molar-refractivity contribution < 1.29 is 17.6 Å². The highest BCUT2D eigenvalue weighted by Gasteiger charge is 2.29. The summed E-state index contributed by atoms with van der Waals surface area (Å²) in [4.78, 5) is 18.2. The minimum Gasteiger partial charge on any atom is -0.267 e. The Kier molecular flexibility index (Phi) is 7.14. The van der Waals surface area contributed by atoms with Gasteiger partial charge in [-0.25, -0.2) is 17.8 Å². The summed E-state index contributed by atoms with van der Waals surface area (Å²) in [5.41, 5.74) is 1.58. The molecule has 0 aliphatic carbocycles. The Morgan fingerprint density at radius 3 is 2.49 bits per heavy atom. The normalized spacial score (nSPS) is 15.4. The SMILES string of the molecule is CC1CCN(S(=O)(=O)c2ccc(C(=O)N(/N=C/c3ccccc3)c3nc4ccc(F)cc4s3)cc2)CC1. The van der Waals surface area contributed by atoms with Crippen LogP contribution in [0.25, 0.3) is 10.2 Å². The van der Waals surface area contributed by atoms with Gasteiger partial charge in [0, 0.05) is 18.7 Å². The maximum atomic E-state index is 13.7. The van der Waals surface area contributed by atoms with Crippen molar-refractivity contribution in [1.82, 2.24) is 9.29 Å². The smallest absolute Gasteiger partial charge is 0.267 e. The van der Waals surface area contributed by atoms with Crippen LogP contribution >= 0.6 is 11.3 Å². The van der Waals surface area contributed by atoms with E-state index < -0.39 is 21.7 Å². The summed E-state index contributed by atoms with van der Waals surface area (Å²) in [7, 11) is -3.63. The van der Waals surface area contributed by atoms with Crippen LogP contribution in [0.4, 0.5) is 9.52 Å². The Balaban J connectivity index is 1.45. The van der Waals surface area contributed by atoms with Crippen LogP contribution in [-0.2, 0) is 10.0 Å². The average molecular weight is 537 g/mol. The molecule has 2 heterocycles. The lowest BCUT2D eigenvalue weighted by Crippen LogP contribution is -2.37. The Morgan fingerprint density at radius 2 is 1.78 bits per heavy atom. The predicted octanol–water partition coefficient (Wildman–Crippen LogP) is 5.54. The first-order chi connectivity index (χ1) is 17.8. The number of aromatic nitrogens is 1. The van der Waals surface area contributed by atoms with Crippen LogP contribution < -0.4 is 5.01 Å². The van der Waals surface area contributed by atoms with E-state index in [1.54, 1.807) is 12.3 Å². The van der Waals surface area contributed by atoms with Crippen LogP contribution in [-0.4, -0.2) is 42.9 Å². The quantitative estimate of drug-likeness (QED) is 0.239. The number of hydrazone groups is 1. The van der Waals surface area contributed by atoms with Crippen molar-refractivity contribution in [2.24, 2.45) is 11.0 Å². The second kappa shape index (κ2) is 10.5. The maximum Gasteiger partial charge on any atom is 0.280 e. The Morgan fingerprint density at radius 1 is 1.08 bits per heavy atom.